The molecule has 12 heteroatoms. The Bertz CT molecular complexity index is 1750. The second kappa shape index (κ2) is 12.8. The largest absolute Gasteiger partial charge is 0.493 e. The Morgan fingerprint density at radius 1 is 0.605 bits per heavy atom. The van der Waals surface area contributed by atoms with Crippen LogP contribution in [0, 0.1) is 0 Å². The Morgan fingerprint density at radius 3 is 1.49 bits per heavy atom. The van der Waals surface area contributed by atoms with Crippen LogP contribution in [-0.4, -0.2) is 58.3 Å². The second-order valence-corrected chi connectivity index (χ2v) is 11.5. The van der Waals surface area contributed by atoms with Gasteiger partial charge in [0, 0.05) is 36.0 Å². The van der Waals surface area contributed by atoms with E-state index in [1.165, 1.54) is 11.1 Å². The SMILES string of the molecule is COc1ccnc(CSc2nc3ccc(Cc4ccc5nc(SCc6nccc(OC)c6OC)[nH]c5c4)cc3[nH]2)c1OC. The molecule has 4 heterocycles. The molecular formula is C31H30N6O4S2. The van der Waals surface area contributed by atoms with Crippen molar-refractivity contribution in [2.45, 2.75) is 28.2 Å². The van der Waals surface area contributed by atoms with Crippen LogP contribution in [0.3, 0.4) is 0 Å². The quantitative estimate of drug-likeness (QED) is 0.149. The van der Waals surface area contributed by atoms with Crippen LogP contribution in [-0.2, 0) is 17.9 Å². The topological polar surface area (TPSA) is 120 Å². The minimum absolute atomic E-state index is 0.598. The van der Waals surface area contributed by atoms with Gasteiger partial charge in [0.15, 0.2) is 33.3 Å². The van der Waals surface area contributed by atoms with Crippen LogP contribution in [0.2, 0.25) is 0 Å². The fourth-order valence-electron chi connectivity index (χ4n) is 4.84. The highest BCUT2D eigenvalue weighted by molar-refractivity contribution is 7.98. The van der Waals surface area contributed by atoms with E-state index in [1.54, 1.807) is 76.5 Å². The first-order valence-corrected chi connectivity index (χ1v) is 15.4. The van der Waals surface area contributed by atoms with E-state index in [0.29, 0.717) is 34.5 Å². The molecular weight excluding hydrogens is 585 g/mol. The molecule has 6 aromatic rings. The number of pyridine rings is 2. The van der Waals surface area contributed by atoms with E-state index in [-0.39, 0.29) is 0 Å². The predicted octanol–water partition coefficient (Wildman–Crippen LogP) is 6.44. The van der Waals surface area contributed by atoms with Gasteiger partial charge in [-0.1, -0.05) is 35.7 Å². The molecule has 0 radical (unpaired) electrons. The number of hydrogen-bond acceptors (Lipinski definition) is 10. The van der Waals surface area contributed by atoms with E-state index in [4.69, 9.17) is 28.9 Å². The van der Waals surface area contributed by atoms with Crippen LogP contribution >= 0.6 is 23.5 Å². The zero-order valence-corrected chi connectivity index (χ0v) is 25.8. The average Bonchev–Trinajstić information content (AvgIpc) is 3.64. The summed E-state index contributed by atoms with van der Waals surface area (Å²) >= 11 is 3.15. The highest BCUT2D eigenvalue weighted by atomic mass is 32.2. The lowest BCUT2D eigenvalue weighted by atomic mass is 10.0. The number of fused-ring (bicyclic) bond motifs is 2. The molecule has 0 saturated heterocycles. The highest BCUT2D eigenvalue weighted by Crippen LogP contribution is 2.34. The van der Waals surface area contributed by atoms with Crippen molar-refractivity contribution in [1.29, 1.82) is 0 Å². The summed E-state index contributed by atoms with van der Waals surface area (Å²) in [6.07, 6.45) is 4.23. The molecule has 0 aliphatic rings. The molecule has 0 aliphatic carbocycles. The summed E-state index contributed by atoms with van der Waals surface area (Å²) in [5.41, 5.74) is 7.82. The summed E-state index contributed by atoms with van der Waals surface area (Å²) in [6, 6.07) is 16.2. The van der Waals surface area contributed by atoms with Crippen molar-refractivity contribution < 1.29 is 18.9 Å². The number of H-pyrrole nitrogens is 2. The van der Waals surface area contributed by atoms with Crippen molar-refractivity contribution >= 4 is 45.6 Å². The molecule has 4 aromatic heterocycles. The fourth-order valence-corrected chi connectivity index (χ4v) is 6.49. The lowest BCUT2D eigenvalue weighted by Gasteiger charge is -2.10. The highest BCUT2D eigenvalue weighted by Gasteiger charge is 2.15. The van der Waals surface area contributed by atoms with Gasteiger partial charge < -0.3 is 28.9 Å². The average molecular weight is 615 g/mol. The van der Waals surface area contributed by atoms with Crippen molar-refractivity contribution in [3.05, 3.63) is 83.4 Å². The number of aromatic amines is 2. The van der Waals surface area contributed by atoms with Gasteiger partial charge in [-0.2, -0.15) is 0 Å². The molecule has 2 aromatic carbocycles. The van der Waals surface area contributed by atoms with Gasteiger partial charge in [0.25, 0.3) is 0 Å². The van der Waals surface area contributed by atoms with Crippen molar-refractivity contribution in [2.24, 2.45) is 0 Å². The zero-order chi connectivity index (χ0) is 29.8. The molecule has 0 aliphatic heterocycles. The number of nitrogens with one attached hydrogen (secondary N) is 2. The van der Waals surface area contributed by atoms with E-state index in [1.807, 2.05) is 0 Å². The monoisotopic (exact) mass is 614 g/mol. The first kappa shape index (κ1) is 28.7. The summed E-state index contributed by atoms with van der Waals surface area (Å²) in [6.45, 7) is 0. The van der Waals surface area contributed by atoms with Gasteiger partial charge in [0.1, 0.15) is 0 Å². The smallest absolute Gasteiger partial charge is 0.183 e. The first-order valence-electron chi connectivity index (χ1n) is 13.4. The molecule has 0 unspecified atom stereocenters. The summed E-state index contributed by atoms with van der Waals surface area (Å²) in [7, 11) is 6.49. The van der Waals surface area contributed by atoms with Gasteiger partial charge in [-0.15, -0.1) is 0 Å². The Balaban J connectivity index is 1.13. The van der Waals surface area contributed by atoms with Gasteiger partial charge in [-0.05, 0) is 41.8 Å². The number of methoxy groups -OCH3 is 4. The molecule has 43 heavy (non-hydrogen) atoms. The maximum absolute atomic E-state index is 5.51. The number of rotatable bonds is 12. The normalized spacial score (nSPS) is 11.3. The molecule has 6 rings (SSSR count). The van der Waals surface area contributed by atoms with Gasteiger partial charge in [0.05, 0.1) is 61.9 Å². The minimum Gasteiger partial charge on any atom is -0.493 e. The molecule has 220 valence electrons. The molecule has 0 amide bonds. The standard InChI is InChI=1S/C31H30N6O4S2/c1-38-26-9-11-32-24(28(26)40-3)16-42-30-34-20-7-5-18(14-22(20)36-30)13-19-6-8-21-23(15-19)37-31(35-21)43-17-25-29(41-4)27(39-2)10-12-33-25/h5-12,14-15H,13,16-17H2,1-4H3,(H,34,36)(H,35,37). The Kier molecular flexibility index (Phi) is 8.57. The predicted molar refractivity (Wildman–Crippen MR) is 169 cm³/mol. The van der Waals surface area contributed by atoms with E-state index in [0.717, 1.165) is 50.2 Å². The van der Waals surface area contributed by atoms with Crippen LogP contribution in [0.5, 0.6) is 23.0 Å². The van der Waals surface area contributed by atoms with Crippen molar-refractivity contribution in [3.63, 3.8) is 0 Å². The van der Waals surface area contributed by atoms with E-state index in [9.17, 15) is 0 Å². The van der Waals surface area contributed by atoms with E-state index >= 15 is 0 Å². The van der Waals surface area contributed by atoms with Crippen molar-refractivity contribution in [2.75, 3.05) is 28.4 Å². The Morgan fingerprint density at radius 2 is 1.07 bits per heavy atom. The summed E-state index contributed by atoms with van der Waals surface area (Å²) in [5.74, 6) is 3.81. The molecule has 2 N–H and O–H groups in total. The first-order chi connectivity index (χ1) is 21.1. The molecule has 10 nitrogen and oxygen atoms in total. The molecule has 0 saturated carbocycles. The number of imidazole rings is 2. The van der Waals surface area contributed by atoms with Gasteiger partial charge in [-0.25, -0.2) is 9.97 Å². The minimum atomic E-state index is 0.598. The number of hydrogen-bond donors (Lipinski definition) is 2. The van der Waals surface area contributed by atoms with E-state index in [2.05, 4.69) is 56.3 Å². The lowest BCUT2D eigenvalue weighted by Crippen LogP contribution is -1.97. The van der Waals surface area contributed by atoms with Gasteiger partial charge >= 0.3 is 0 Å². The number of ether oxygens (including phenoxy) is 4. The third-order valence-corrected chi connectivity index (χ3v) is 8.65. The molecule has 0 bridgehead atoms. The molecule has 0 fully saturated rings. The van der Waals surface area contributed by atoms with Crippen molar-refractivity contribution in [1.82, 2.24) is 29.9 Å². The van der Waals surface area contributed by atoms with E-state index < -0.39 is 0 Å². The fraction of sp³-hybridized carbons (Fsp3) is 0.226. The summed E-state index contributed by atoms with van der Waals surface area (Å²) < 4.78 is 21.8. The summed E-state index contributed by atoms with van der Waals surface area (Å²) in [5, 5.41) is 1.65. The maximum atomic E-state index is 5.51. The van der Waals surface area contributed by atoms with Crippen LogP contribution < -0.4 is 18.9 Å². The van der Waals surface area contributed by atoms with Gasteiger partial charge in [-0.3, -0.25) is 9.97 Å². The van der Waals surface area contributed by atoms with Crippen LogP contribution in [0.4, 0.5) is 0 Å². The Labute approximate surface area is 257 Å². The van der Waals surface area contributed by atoms with Crippen LogP contribution in [0.15, 0.2) is 71.2 Å². The molecule has 0 atom stereocenters. The number of aromatic nitrogens is 6. The second-order valence-electron chi connectivity index (χ2n) is 9.53. The molecule has 0 spiro atoms. The third kappa shape index (κ3) is 6.20. The van der Waals surface area contributed by atoms with Crippen molar-refractivity contribution in [3.8, 4) is 23.0 Å². The third-order valence-electron chi connectivity index (χ3n) is 6.88. The maximum Gasteiger partial charge on any atom is 0.183 e. The number of nitrogens with zero attached hydrogens (tertiary/aromatic N) is 4. The Hall–Kier alpha value is -4.42. The van der Waals surface area contributed by atoms with Crippen LogP contribution in [0.25, 0.3) is 22.1 Å². The lowest BCUT2D eigenvalue weighted by molar-refractivity contribution is 0.350. The number of benzene rings is 2. The summed E-state index contributed by atoms with van der Waals surface area (Å²) in [4.78, 5) is 25.3. The van der Waals surface area contributed by atoms with Gasteiger partial charge in [0.2, 0.25) is 0 Å². The zero-order valence-electron chi connectivity index (χ0n) is 24.1. The van der Waals surface area contributed by atoms with Crippen LogP contribution in [0.1, 0.15) is 22.5 Å². The number of thioether (sulfide) groups is 2.